The summed E-state index contributed by atoms with van der Waals surface area (Å²) in [5.41, 5.74) is 8.74. The number of hydrogen-bond acceptors (Lipinski definition) is 4. The van der Waals surface area contributed by atoms with Crippen molar-refractivity contribution in [1.82, 2.24) is 0 Å². The summed E-state index contributed by atoms with van der Waals surface area (Å²) in [6, 6.07) is 14.9. The molecule has 0 bridgehead atoms. The fourth-order valence-electron chi connectivity index (χ4n) is 2.31. The number of ether oxygens (including phenoxy) is 2. The van der Waals surface area contributed by atoms with Crippen LogP contribution < -0.4 is 15.8 Å². The Morgan fingerprint density at radius 3 is 2.56 bits per heavy atom. The van der Waals surface area contributed by atoms with Crippen molar-refractivity contribution in [2.24, 2.45) is 5.73 Å². The number of carbonyl (C=O) groups is 1. The number of methoxy groups -OCH3 is 1. The Labute approximate surface area is 154 Å². The minimum atomic E-state index is -0.338. The number of hydrogen-bond donors (Lipinski definition) is 2. The van der Waals surface area contributed by atoms with Crippen molar-refractivity contribution in [2.45, 2.75) is 19.4 Å². The minimum absolute atomic E-state index is 0. The van der Waals surface area contributed by atoms with Gasteiger partial charge < -0.3 is 20.5 Å². The van der Waals surface area contributed by atoms with E-state index in [0.717, 1.165) is 11.1 Å². The molecule has 136 valence electrons. The molecule has 2 aromatic rings. The van der Waals surface area contributed by atoms with E-state index in [0.29, 0.717) is 24.7 Å². The van der Waals surface area contributed by atoms with Crippen LogP contribution in [0.5, 0.6) is 5.75 Å². The van der Waals surface area contributed by atoms with Crippen LogP contribution in [0.3, 0.4) is 0 Å². The lowest BCUT2D eigenvalue weighted by atomic mass is 10.0. The van der Waals surface area contributed by atoms with Gasteiger partial charge in [-0.15, -0.1) is 12.4 Å². The third-order valence-electron chi connectivity index (χ3n) is 3.59. The van der Waals surface area contributed by atoms with E-state index in [1.165, 1.54) is 0 Å². The quantitative estimate of drug-likeness (QED) is 0.703. The van der Waals surface area contributed by atoms with E-state index in [4.69, 9.17) is 15.2 Å². The smallest absolute Gasteiger partial charge is 0.226 e. The molecule has 0 saturated heterocycles. The van der Waals surface area contributed by atoms with Gasteiger partial charge in [0.15, 0.2) is 0 Å². The van der Waals surface area contributed by atoms with Crippen molar-refractivity contribution < 1.29 is 14.3 Å². The highest BCUT2D eigenvalue weighted by molar-refractivity contribution is 5.92. The van der Waals surface area contributed by atoms with Crippen LogP contribution in [0, 0.1) is 6.92 Å². The largest absolute Gasteiger partial charge is 0.489 e. The standard InChI is InChI=1S/C19H24N2O3.ClH/c1-14-8-9-17(18(12-14)24-11-10-23-2)21-19(22)13-16(20)15-6-4-3-5-7-15;/h3-9,12,16H,10-11,13,20H2,1-2H3,(H,21,22);1H. The summed E-state index contributed by atoms with van der Waals surface area (Å²) in [5.74, 6) is 0.487. The molecule has 0 aliphatic rings. The molecule has 2 aromatic carbocycles. The summed E-state index contributed by atoms with van der Waals surface area (Å²) in [4.78, 5) is 12.3. The molecule has 0 aliphatic carbocycles. The van der Waals surface area contributed by atoms with Crippen LogP contribution in [0.15, 0.2) is 48.5 Å². The van der Waals surface area contributed by atoms with Gasteiger partial charge in [0.25, 0.3) is 0 Å². The number of carbonyl (C=O) groups excluding carboxylic acids is 1. The molecule has 0 aromatic heterocycles. The molecule has 0 aliphatic heterocycles. The highest BCUT2D eigenvalue weighted by Crippen LogP contribution is 2.26. The van der Waals surface area contributed by atoms with Gasteiger partial charge in [0.2, 0.25) is 5.91 Å². The van der Waals surface area contributed by atoms with E-state index in [2.05, 4.69) is 5.32 Å². The molecule has 0 radical (unpaired) electrons. The fourth-order valence-corrected chi connectivity index (χ4v) is 2.31. The van der Waals surface area contributed by atoms with Crippen LogP contribution in [-0.4, -0.2) is 26.2 Å². The lowest BCUT2D eigenvalue weighted by molar-refractivity contribution is -0.116. The van der Waals surface area contributed by atoms with Crippen LogP contribution in [0.4, 0.5) is 5.69 Å². The van der Waals surface area contributed by atoms with Gasteiger partial charge in [-0.1, -0.05) is 36.4 Å². The highest BCUT2D eigenvalue weighted by atomic mass is 35.5. The molecule has 0 saturated carbocycles. The number of aryl methyl sites for hydroxylation is 1. The fraction of sp³-hybridized carbons (Fsp3) is 0.316. The molecule has 0 spiro atoms. The van der Waals surface area contributed by atoms with Crippen molar-refractivity contribution in [3.8, 4) is 5.75 Å². The number of nitrogens with one attached hydrogen (secondary N) is 1. The van der Waals surface area contributed by atoms with Crippen molar-refractivity contribution >= 4 is 24.0 Å². The monoisotopic (exact) mass is 364 g/mol. The second-order valence-corrected chi connectivity index (χ2v) is 5.61. The molecule has 25 heavy (non-hydrogen) atoms. The number of nitrogens with two attached hydrogens (primary N) is 1. The highest BCUT2D eigenvalue weighted by Gasteiger charge is 2.13. The lowest BCUT2D eigenvalue weighted by Gasteiger charge is -2.15. The average molecular weight is 365 g/mol. The molecular formula is C19H25ClN2O3. The maximum absolute atomic E-state index is 12.3. The number of anilines is 1. The number of benzene rings is 2. The Bertz CT molecular complexity index is 665. The van der Waals surface area contributed by atoms with Crippen LogP contribution in [-0.2, 0) is 9.53 Å². The van der Waals surface area contributed by atoms with Gasteiger partial charge in [-0.25, -0.2) is 0 Å². The third kappa shape index (κ3) is 6.74. The SMILES string of the molecule is COCCOc1cc(C)ccc1NC(=O)CC(N)c1ccccc1.Cl. The second kappa shape index (κ2) is 10.7. The normalized spacial score (nSPS) is 11.3. The predicted octanol–water partition coefficient (Wildman–Crippen LogP) is 3.47. The second-order valence-electron chi connectivity index (χ2n) is 5.61. The summed E-state index contributed by atoms with van der Waals surface area (Å²) in [5, 5.41) is 2.88. The summed E-state index contributed by atoms with van der Waals surface area (Å²) in [7, 11) is 1.62. The number of rotatable bonds is 8. The van der Waals surface area contributed by atoms with Crippen LogP contribution in [0.2, 0.25) is 0 Å². The summed E-state index contributed by atoms with van der Waals surface area (Å²) < 4.78 is 10.7. The number of amides is 1. The Kier molecular flexibility index (Phi) is 8.99. The maximum Gasteiger partial charge on any atom is 0.226 e. The zero-order chi connectivity index (χ0) is 17.4. The van der Waals surface area contributed by atoms with Crippen LogP contribution in [0.25, 0.3) is 0 Å². The molecule has 1 amide bonds. The zero-order valence-electron chi connectivity index (χ0n) is 14.5. The van der Waals surface area contributed by atoms with Crippen molar-refractivity contribution in [3.63, 3.8) is 0 Å². The average Bonchev–Trinajstić information content (AvgIpc) is 2.58. The molecule has 5 nitrogen and oxygen atoms in total. The van der Waals surface area contributed by atoms with Crippen LogP contribution in [0.1, 0.15) is 23.6 Å². The van der Waals surface area contributed by atoms with E-state index in [-0.39, 0.29) is 30.8 Å². The molecule has 2 rings (SSSR count). The minimum Gasteiger partial charge on any atom is -0.489 e. The Morgan fingerprint density at radius 2 is 1.88 bits per heavy atom. The van der Waals surface area contributed by atoms with E-state index in [1.54, 1.807) is 7.11 Å². The maximum atomic E-state index is 12.3. The van der Waals surface area contributed by atoms with E-state index in [1.807, 2.05) is 55.5 Å². The van der Waals surface area contributed by atoms with Crippen molar-refractivity contribution in [2.75, 3.05) is 25.6 Å². The zero-order valence-corrected chi connectivity index (χ0v) is 15.3. The topological polar surface area (TPSA) is 73.6 Å². The van der Waals surface area contributed by atoms with Gasteiger partial charge in [-0.2, -0.15) is 0 Å². The van der Waals surface area contributed by atoms with Crippen molar-refractivity contribution in [3.05, 3.63) is 59.7 Å². The first-order valence-electron chi connectivity index (χ1n) is 7.93. The van der Waals surface area contributed by atoms with Crippen LogP contribution >= 0.6 is 12.4 Å². The van der Waals surface area contributed by atoms with Gasteiger partial charge >= 0.3 is 0 Å². The number of halogens is 1. The molecule has 1 atom stereocenters. The summed E-state index contributed by atoms with van der Waals surface area (Å²) >= 11 is 0. The molecule has 1 unspecified atom stereocenters. The summed E-state index contributed by atoms with van der Waals surface area (Å²) in [6.45, 7) is 2.88. The molecular weight excluding hydrogens is 340 g/mol. The molecule has 0 heterocycles. The molecule has 3 N–H and O–H groups in total. The first-order chi connectivity index (χ1) is 11.6. The van der Waals surface area contributed by atoms with Gasteiger partial charge in [0, 0.05) is 19.6 Å². The molecule has 6 heteroatoms. The summed E-state index contributed by atoms with van der Waals surface area (Å²) in [6.07, 6.45) is 0.204. The van der Waals surface area contributed by atoms with E-state index < -0.39 is 0 Å². The van der Waals surface area contributed by atoms with Gasteiger partial charge in [-0.3, -0.25) is 4.79 Å². The first-order valence-corrected chi connectivity index (χ1v) is 7.93. The third-order valence-corrected chi connectivity index (χ3v) is 3.59. The Hall–Kier alpha value is -2.08. The Balaban J connectivity index is 0.00000312. The van der Waals surface area contributed by atoms with Gasteiger partial charge in [-0.05, 0) is 30.2 Å². The molecule has 0 fully saturated rings. The first kappa shape index (κ1) is 21.0. The predicted molar refractivity (Wildman–Crippen MR) is 102 cm³/mol. The van der Waals surface area contributed by atoms with E-state index in [9.17, 15) is 4.79 Å². The van der Waals surface area contributed by atoms with Gasteiger partial charge in [0.1, 0.15) is 12.4 Å². The van der Waals surface area contributed by atoms with Gasteiger partial charge in [0.05, 0.1) is 12.3 Å². The van der Waals surface area contributed by atoms with Crippen molar-refractivity contribution in [1.29, 1.82) is 0 Å². The Morgan fingerprint density at radius 1 is 1.16 bits per heavy atom. The lowest BCUT2D eigenvalue weighted by Crippen LogP contribution is -2.21. The van der Waals surface area contributed by atoms with E-state index >= 15 is 0 Å².